The van der Waals surface area contributed by atoms with Crippen LogP contribution < -0.4 is 5.32 Å². The number of ether oxygens (including phenoxy) is 1. The summed E-state index contributed by atoms with van der Waals surface area (Å²) < 4.78 is 5.44. The molecule has 2 nitrogen and oxygen atoms in total. The number of rotatable bonds is 0. The second kappa shape index (κ2) is 5.46. The van der Waals surface area contributed by atoms with Crippen LogP contribution in [0.2, 0.25) is 0 Å². The molecule has 0 unspecified atom stereocenters. The molecule has 0 aromatic heterocycles. The summed E-state index contributed by atoms with van der Waals surface area (Å²) in [6, 6.07) is 0. The Morgan fingerprint density at radius 2 is 2.00 bits per heavy atom. The number of nitrogens with one attached hydrogen (secondary N) is 1. The second-order valence-corrected chi connectivity index (χ2v) is 2.59. The van der Waals surface area contributed by atoms with Crippen molar-refractivity contribution in [3.05, 3.63) is 35.8 Å². The Morgan fingerprint density at radius 3 is 2.85 bits per heavy atom. The summed E-state index contributed by atoms with van der Waals surface area (Å²) in [5.41, 5.74) is 1.12. The van der Waals surface area contributed by atoms with Crippen LogP contribution in [0.4, 0.5) is 0 Å². The molecule has 0 fully saturated rings. The van der Waals surface area contributed by atoms with E-state index in [-0.39, 0.29) is 0 Å². The fourth-order valence-electron chi connectivity index (χ4n) is 1.23. The Labute approximate surface area is 80.0 Å². The summed E-state index contributed by atoms with van der Waals surface area (Å²) >= 11 is 0. The Hall–Kier alpha value is -1.18. The molecule has 0 spiro atoms. The Kier molecular flexibility index (Phi) is 4.16. The molecule has 72 valence electrons. The normalized spacial score (nSPS) is 18.9. The van der Waals surface area contributed by atoms with Gasteiger partial charge in [0.1, 0.15) is 12.4 Å². The molecule has 1 aliphatic heterocycles. The van der Waals surface area contributed by atoms with E-state index in [4.69, 9.17) is 4.74 Å². The van der Waals surface area contributed by atoms with Crippen molar-refractivity contribution in [1.82, 2.24) is 5.32 Å². The van der Waals surface area contributed by atoms with E-state index in [1.165, 1.54) is 0 Å². The van der Waals surface area contributed by atoms with Crippen molar-refractivity contribution in [2.45, 2.75) is 20.3 Å². The predicted octanol–water partition coefficient (Wildman–Crippen LogP) is 2.36. The fraction of sp³-hybridized carbons (Fsp3) is 0.455. The number of hydrogen-bond donors (Lipinski definition) is 1. The molecule has 0 saturated heterocycles. The van der Waals surface area contributed by atoms with Crippen LogP contribution in [0.15, 0.2) is 35.8 Å². The molecule has 1 aliphatic carbocycles. The van der Waals surface area contributed by atoms with Crippen molar-refractivity contribution in [1.29, 1.82) is 0 Å². The molecule has 0 amide bonds. The first kappa shape index (κ1) is 9.90. The maximum absolute atomic E-state index is 5.44. The van der Waals surface area contributed by atoms with E-state index in [0.717, 1.165) is 31.0 Å². The Bertz CT molecular complexity index is 214. The minimum absolute atomic E-state index is 0.775. The lowest BCUT2D eigenvalue weighted by Crippen LogP contribution is -2.24. The Balaban J connectivity index is 0.000000396. The highest BCUT2D eigenvalue weighted by Crippen LogP contribution is 2.14. The third-order valence-electron chi connectivity index (χ3n) is 1.77. The van der Waals surface area contributed by atoms with E-state index in [2.05, 4.69) is 23.5 Å². The minimum Gasteiger partial charge on any atom is -0.490 e. The molecule has 0 atom stereocenters. The molecule has 2 rings (SSSR count). The van der Waals surface area contributed by atoms with Crippen LogP contribution in [-0.2, 0) is 4.74 Å². The monoisotopic (exact) mass is 179 g/mol. The van der Waals surface area contributed by atoms with Gasteiger partial charge < -0.3 is 10.1 Å². The van der Waals surface area contributed by atoms with Crippen LogP contribution in [0, 0.1) is 0 Å². The lowest BCUT2D eigenvalue weighted by atomic mass is 10.3. The maximum Gasteiger partial charge on any atom is 0.142 e. The van der Waals surface area contributed by atoms with Crippen molar-refractivity contribution < 1.29 is 4.74 Å². The quantitative estimate of drug-likeness (QED) is 0.616. The number of allylic oxidation sites excluding steroid dienone is 4. The van der Waals surface area contributed by atoms with Gasteiger partial charge in [-0.1, -0.05) is 26.0 Å². The van der Waals surface area contributed by atoms with Crippen LogP contribution >= 0.6 is 0 Å². The van der Waals surface area contributed by atoms with Gasteiger partial charge in [-0.2, -0.15) is 0 Å². The average molecular weight is 179 g/mol. The highest BCUT2D eigenvalue weighted by atomic mass is 16.5. The Morgan fingerprint density at radius 1 is 1.23 bits per heavy atom. The van der Waals surface area contributed by atoms with Gasteiger partial charge in [0.25, 0.3) is 0 Å². The third kappa shape index (κ3) is 2.65. The van der Waals surface area contributed by atoms with Crippen molar-refractivity contribution in [2.75, 3.05) is 13.2 Å². The summed E-state index contributed by atoms with van der Waals surface area (Å²) in [6.45, 7) is 5.69. The molecule has 2 heteroatoms. The molecule has 0 aromatic carbocycles. The summed E-state index contributed by atoms with van der Waals surface area (Å²) in [7, 11) is 0. The van der Waals surface area contributed by atoms with Gasteiger partial charge in [0.15, 0.2) is 0 Å². The van der Waals surface area contributed by atoms with Gasteiger partial charge in [-0.15, -0.1) is 0 Å². The molecule has 1 heterocycles. The first-order valence-electron chi connectivity index (χ1n) is 4.91. The van der Waals surface area contributed by atoms with Crippen LogP contribution in [-0.4, -0.2) is 13.2 Å². The molecular formula is C11H17NO. The summed E-state index contributed by atoms with van der Waals surface area (Å²) in [5.74, 6) is 0.977. The highest BCUT2D eigenvalue weighted by molar-refractivity contribution is 5.32. The van der Waals surface area contributed by atoms with Crippen molar-refractivity contribution in [3.8, 4) is 0 Å². The van der Waals surface area contributed by atoms with Crippen LogP contribution in [0.25, 0.3) is 0 Å². The smallest absolute Gasteiger partial charge is 0.142 e. The molecule has 0 saturated carbocycles. The third-order valence-corrected chi connectivity index (χ3v) is 1.77. The van der Waals surface area contributed by atoms with Gasteiger partial charge in [-0.05, 0) is 18.6 Å². The van der Waals surface area contributed by atoms with E-state index in [1.807, 2.05) is 19.9 Å². The average Bonchev–Trinajstić information content (AvgIpc) is 2.45. The van der Waals surface area contributed by atoms with Gasteiger partial charge in [-0.3, -0.25) is 0 Å². The SMILES string of the molecule is C1=CC2=C(C=CC1)OCCN2.CC. The van der Waals surface area contributed by atoms with Crippen LogP contribution in [0.1, 0.15) is 20.3 Å². The van der Waals surface area contributed by atoms with Crippen LogP contribution in [0.3, 0.4) is 0 Å². The van der Waals surface area contributed by atoms with Gasteiger partial charge >= 0.3 is 0 Å². The van der Waals surface area contributed by atoms with E-state index in [0.29, 0.717) is 0 Å². The second-order valence-electron chi connectivity index (χ2n) is 2.59. The van der Waals surface area contributed by atoms with Gasteiger partial charge in [0.2, 0.25) is 0 Å². The lowest BCUT2D eigenvalue weighted by molar-refractivity contribution is 0.206. The zero-order valence-electron chi connectivity index (χ0n) is 8.34. The number of hydrogen-bond acceptors (Lipinski definition) is 2. The van der Waals surface area contributed by atoms with E-state index in [9.17, 15) is 0 Å². The molecule has 0 radical (unpaired) electrons. The zero-order valence-corrected chi connectivity index (χ0v) is 8.34. The van der Waals surface area contributed by atoms with Gasteiger partial charge in [0.05, 0.1) is 5.70 Å². The van der Waals surface area contributed by atoms with Crippen molar-refractivity contribution in [2.24, 2.45) is 0 Å². The van der Waals surface area contributed by atoms with Crippen molar-refractivity contribution in [3.63, 3.8) is 0 Å². The van der Waals surface area contributed by atoms with Gasteiger partial charge in [-0.25, -0.2) is 0 Å². The largest absolute Gasteiger partial charge is 0.490 e. The maximum atomic E-state index is 5.44. The lowest BCUT2D eigenvalue weighted by Gasteiger charge is -2.18. The van der Waals surface area contributed by atoms with E-state index < -0.39 is 0 Å². The molecule has 0 aromatic rings. The molecule has 1 N–H and O–H groups in total. The van der Waals surface area contributed by atoms with E-state index in [1.54, 1.807) is 0 Å². The highest BCUT2D eigenvalue weighted by Gasteiger charge is 2.08. The summed E-state index contributed by atoms with van der Waals surface area (Å²) in [6.07, 6.45) is 9.33. The van der Waals surface area contributed by atoms with E-state index >= 15 is 0 Å². The van der Waals surface area contributed by atoms with Crippen LogP contribution in [0.5, 0.6) is 0 Å². The zero-order chi connectivity index (χ0) is 9.52. The standard InChI is InChI=1S/C9H11NO.C2H6/c1-2-4-8-9(5-3-1)11-7-6-10-8;1-2/h2-5,10H,1,6-7H2;1-2H3. The first-order chi connectivity index (χ1) is 6.47. The fourth-order valence-corrected chi connectivity index (χ4v) is 1.23. The summed E-state index contributed by atoms with van der Waals surface area (Å²) in [5, 5.41) is 3.28. The van der Waals surface area contributed by atoms with Gasteiger partial charge in [0, 0.05) is 6.54 Å². The van der Waals surface area contributed by atoms with Crippen molar-refractivity contribution >= 4 is 0 Å². The molecule has 13 heavy (non-hydrogen) atoms. The minimum atomic E-state index is 0.775. The topological polar surface area (TPSA) is 21.3 Å². The molecule has 0 bridgehead atoms. The first-order valence-corrected chi connectivity index (χ1v) is 4.91. The molecule has 2 aliphatic rings. The molecular weight excluding hydrogens is 162 g/mol. The summed E-state index contributed by atoms with van der Waals surface area (Å²) in [4.78, 5) is 0. The predicted molar refractivity (Wildman–Crippen MR) is 55.2 cm³/mol.